The average Bonchev–Trinajstić information content (AvgIpc) is 2.38. The molecule has 1 heterocycles. The van der Waals surface area contributed by atoms with Crippen molar-refractivity contribution in [3.8, 4) is 5.75 Å². The van der Waals surface area contributed by atoms with Crippen molar-refractivity contribution < 1.29 is 9.84 Å². The summed E-state index contributed by atoms with van der Waals surface area (Å²) in [5, 5.41) is 10.9. The highest BCUT2D eigenvalue weighted by Crippen LogP contribution is 2.42. The van der Waals surface area contributed by atoms with Crippen molar-refractivity contribution in [1.82, 2.24) is 0 Å². The minimum Gasteiger partial charge on any atom is -0.485 e. The second kappa shape index (κ2) is 5.16. The molecule has 98 valence electrons. The van der Waals surface area contributed by atoms with Gasteiger partial charge in [0.25, 0.3) is 0 Å². The van der Waals surface area contributed by atoms with E-state index in [1.165, 1.54) is 0 Å². The van der Waals surface area contributed by atoms with E-state index >= 15 is 0 Å². The molecular weight excluding hydrogens is 328 g/mol. The van der Waals surface area contributed by atoms with E-state index in [9.17, 15) is 5.11 Å². The second-order valence-electron chi connectivity index (χ2n) is 4.60. The molecule has 4 heteroatoms. The molecule has 0 radical (unpaired) electrons. The summed E-state index contributed by atoms with van der Waals surface area (Å²) < 4.78 is 6.91. The smallest absolute Gasteiger partial charge is 0.127 e. The van der Waals surface area contributed by atoms with E-state index in [0.29, 0.717) is 11.4 Å². The quantitative estimate of drug-likeness (QED) is 0.819. The average molecular weight is 340 g/mol. The summed E-state index contributed by atoms with van der Waals surface area (Å²) in [6, 6.07) is 13.2. The molecule has 19 heavy (non-hydrogen) atoms. The molecule has 1 unspecified atom stereocenters. The lowest BCUT2D eigenvalue weighted by molar-refractivity contribution is 0.0657. The van der Waals surface area contributed by atoms with Crippen LogP contribution in [0, 0.1) is 0 Å². The van der Waals surface area contributed by atoms with E-state index in [1.807, 2.05) is 42.5 Å². The first kappa shape index (κ1) is 13.0. The number of rotatable bonds is 1. The third-order valence-corrected chi connectivity index (χ3v) is 3.99. The predicted octanol–water partition coefficient (Wildman–Crippen LogP) is 4.66. The molecule has 0 fully saturated rings. The van der Waals surface area contributed by atoms with Gasteiger partial charge in [-0.05, 0) is 29.8 Å². The number of benzene rings is 2. The van der Waals surface area contributed by atoms with E-state index in [4.69, 9.17) is 16.3 Å². The maximum absolute atomic E-state index is 10.2. The Morgan fingerprint density at radius 3 is 2.84 bits per heavy atom. The minimum atomic E-state index is -0.513. The Morgan fingerprint density at radius 1 is 1.21 bits per heavy atom. The van der Waals surface area contributed by atoms with Gasteiger partial charge in [0.05, 0.1) is 6.10 Å². The highest BCUT2D eigenvalue weighted by Gasteiger charge is 2.28. The summed E-state index contributed by atoms with van der Waals surface area (Å²) >= 11 is 9.42. The summed E-state index contributed by atoms with van der Waals surface area (Å²) in [6.45, 7) is 0. The molecule has 0 amide bonds. The molecular formula is C15H12BrClO2. The van der Waals surface area contributed by atoms with E-state index < -0.39 is 6.10 Å². The zero-order chi connectivity index (χ0) is 13.4. The van der Waals surface area contributed by atoms with Crippen LogP contribution in [-0.4, -0.2) is 5.11 Å². The van der Waals surface area contributed by atoms with Gasteiger partial charge >= 0.3 is 0 Å². The van der Waals surface area contributed by atoms with Crippen molar-refractivity contribution in [1.29, 1.82) is 0 Å². The molecule has 0 aromatic heterocycles. The summed E-state index contributed by atoms with van der Waals surface area (Å²) in [5.41, 5.74) is 1.82. The molecule has 1 N–H and O–H groups in total. The number of aliphatic hydroxyl groups excluding tert-OH is 1. The highest BCUT2D eigenvalue weighted by molar-refractivity contribution is 9.10. The normalized spacial score (nSPS) is 21.6. The standard InChI is InChI=1S/C15H12BrClO2/c16-10-4-5-12-13(18)8-14(19-15(12)7-10)9-2-1-3-11(17)6-9/h1-7,13-14,18H,8H2/t13-,14?/m1/s1. The van der Waals surface area contributed by atoms with E-state index in [2.05, 4.69) is 15.9 Å². The lowest BCUT2D eigenvalue weighted by atomic mass is 9.95. The fraction of sp³-hybridized carbons (Fsp3) is 0.200. The number of hydrogen-bond acceptors (Lipinski definition) is 2. The van der Waals surface area contributed by atoms with Crippen molar-refractivity contribution in [2.75, 3.05) is 0 Å². The van der Waals surface area contributed by atoms with Crippen LogP contribution in [0.5, 0.6) is 5.75 Å². The molecule has 0 saturated heterocycles. The fourth-order valence-electron chi connectivity index (χ4n) is 2.33. The Kier molecular flexibility index (Phi) is 3.52. The van der Waals surface area contributed by atoms with Crippen molar-refractivity contribution >= 4 is 27.5 Å². The zero-order valence-corrected chi connectivity index (χ0v) is 12.4. The molecule has 2 nitrogen and oxygen atoms in total. The second-order valence-corrected chi connectivity index (χ2v) is 5.95. The molecule has 0 spiro atoms. The Hall–Kier alpha value is -1.03. The van der Waals surface area contributed by atoms with Crippen LogP contribution in [-0.2, 0) is 0 Å². The molecule has 2 aromatic carbocycles. The van der Waals surface area contributed by atoms with E-state index in [-0.39, 0.29) is 6.10 Å². The van der Waals surface area contributed by atoms with Gasteiger partial charge < -0.3 is 9.84 Å². The molecule has 0 saturated carbocycles. The number of hydrogen-bond donors (Lipinski definition) is 1. The van der Waals surface area contributed by atoms with Gasteiger partial charge in [-0.25, -0.2) is 0 Å². The number of ether oxygens (including phenoxy) is 1. The van der Waals surface area contributed by atoms with Gasteiger partial charge in [0.15, 0.2) is 0 Å². The largest absolute Gasteiger partial charge is 0.485 e. The molecule has 1 aliphatic rings. The van der Waals surface area contributed by atoms with Crippen molar-refractivity contribution in [3.05, 3.63) is 63.1 Å². The van der Waals surface area contributed by atoms with Crippen LogP contribution in [0.4, 0.5) is 0 Å². The van der Waals surface area contributed by atoms with Crippen LogP contribution in [0.15, 0.2) is 46.9 Å². The first-order valence-corrected chi connectivity index (χ1v) is 7.20. The SMILES string of the molecule is O[C@@H]1CC(c2cccc(Cl)c2)Oc2cc(Br)ccc21. The summed E-state index contributed by atoms with van der Waals surface area (Å²) in [4.78, 5) is 0. The van der Waals surface area contributed by atoms with Crippen LogP contribution >= 0.6 is 27.5 Å². The minimum absolute atomic E-state index is 0.171. The number of fused-ring (bicyclic) bond motifs is 1. The summed E-state index contributed by atoms with van der Waals surface area (Å²) in [6.07, 6.45) is -0.147. The van der Waals surface area contributed by atoms with Crippen LogP contribution in [0.2, 0.25) is 5.02 Å². The van der Waals surface area contributed by atoms with Gasteiger partial charge in [-0.2, -0.15) is 0 Å². The first-order chi connectivity index (χ1) is 9.13. The molecule has 2 atom stereocenters. The first-order valence-electron chi connectivity index (χ1n) is 6.03. The van der Waals surface area contributed by atoms with Gasteiger partial charge in [-0.15, -0.1) is 0 Å². The molecule has 2 aromatic rings. The summed E-state index contributed by atoms with van der Waals surface area (Å²) in [7, 11) is 0. The Labute approximate surface area is 125 Å². The van der Waals surface area contributed by atoms with Crippen LogP contribution < -0.4 is 4.74 Å². The van der Waals surface area contributed by atoms with Gasteiger partial charge in [0, 0.05) is 21.5 Å². The van der Waals surface area contributed by atoms with Crippen molar-refractivity contribution in [3.63, 3.8) is 0 Å². The molecule has 1 aliphatic heterocycles. The molecule has 3 rings (SSSR count). The van der Waals surface area contributed by atoms with Crippen molar-refractivity contribution in [2.45, 2.75) is 18.6 Å². The Balaban J connectivity index is 1.96. The fourth-order valence-corrected chi connectivity index (χ4v) is 2.87. The highest BCUT2D eigenvalue weighted by atomic mass is 79.9. The Morgan fingerprint density at radius 2 is 2.05 bits per heavy atom. The van der Waals surface area contributed by atoms with Gasteiger partial charge in [-0.3, -0.25) is 0 Å². The van der Waals surface area contributed by atoms with E-state index in [1.54, 1.807) is 0 Å². The van der Waals surface area contributed by atoms with Crippen LogP contribution in [0.25, 0.3) is 0 Å². The third-order valence-electron chi connectivity index (χ3n) is 3.26. The number of aliphatic hydroxyl groups is 1. The zero-order valence-electron chi connectivity index (χ0n) is 10.0. The van der Waals surface area contributed by atoms with E-state index in [0.717, 1.165) is 21.3 Å². The van der Waals surface area contributed by atoms with Crippen molar-refractivity contribution in [2.24, 2.45) is 0 Å². The topological polar surface area (TPSA) is 29.5 Å². The molecule has 0 aliphatic carbocycles. The molecule has 0 bridgehead atoms. The maximum Gasteiger partial charge on any atom is 0.127 e. The summed E-state index contributed by atoms with van der Waals surface area (Å²) in [5.74, 6) is 0.720. The van der Waals surface area contributed by atoms with Gasteiger partial charge in [0.2, 0.25) is 0 Å². The van der Waals surface area contributed by atoms with Crippen LogP contribution in [0.1, 0.15) is 29.8 Å². The third kappa shape index (κ3) is 2.64. The Bertz CT molecular complexity index is 615. The lowest BCUT2D eigenvalue weighted by Gasteiger charge is -2.30. The maximum atomic E-state index is 10.2. The lowest BCUT2D eigenvalue weighted by Crippen LogP contribution is -2.19. The number of halogens is 2. The van der Waals surface area contributed by atoms with Gasteiger partial charge in [-0.1, -0.05) is 45.7 Å². The monoisotopic (exact) mass is 338 g/mol. The van der Waals surface area contributed by atoms with Gasteiger partial charge in [0.1, 0.15) is 11.9 Å². The van der Waals surface area contributed by atoms with Crippen LogP contribution in [0.3, 0.4) is 0 Å². The predicted molar refractivity (Wildman–Crippen MR) is 78.5 cm³/mol.